The molecule has 1 atom stereocenters. The molecule has 1 aliphatic rings. The van der Waals surface area contributed by atoms with E-state index in [2.05, 4.69) is 22.9 Å². The summed E-state index contributed by atoms with van der Waals surface area (Å²) in [6.07, 6.45) is 2.99. The highest BCUT2D eigenvalue weighted by molar-refractivity contribution is 9.09. The average molecular weight is 326 g/mol. The van der Waals surface area contributed by atoms with E-state index in [-0.39, 0.29) is 23.5 Å². The van der Waals surface area contributed by atoms with Crippen molar-refractivity contribution in [1.82, 2.24) is 4.90 Å². The topological polar surface area (TPSA) is 54.5 Å². The molecule has 1 fully saturated rings. The van der Waals surface area contributed by atoms with Gasteiger partial charge in [0, 0.05) is 24.3 Å². The maximum absolute atomic E-state index is 11.9. The quantitative estimate of drug-likeness (QED) is 0.697. The van der Waals surface area contributed by atoms with Crippen LogP contribution in [0.4, 0.5) is 0 Å². The number of carbonyl (C=O) groups excluding carboxylic acids is 1. The number of amides is 1. The first-order chi connectivity index (χ1) is 8.00. The Bertz CT molecular complexity index is 356. The molecule has 1 heterocycles. The van der Waals surface area contributed by atoms with Crippen molar-refractivity contribution in [1.29, 1.82) is 0 Å². The highest BCUT2D eigenvalue weighted by Gasteiger charge is 2.33. The summed E-state index contributed by atoms with van der Waals surface area (Å²) in [5.41, 5.74) is 0. The van der Waals surface area contributed by atoms with E-state index in [1.165, 1.54) is 0 Å². The Morgan fingerprint density at radius 1 is 1.47 bits per heavy atom. The minimum absolute atomic E-state index is 0.0671. The molecule has 1 unspecified atom stereocenters. The van der Waals surface area contributed by atoms with Crippen LogP contribution in [0.1, 0.15) is 32.6 Å². The van der Waals surface area contributed by atoms with Crippen molar-refractivity contribution in [3.05, 3.63) is 0 Å². The van der Waals surface area contributed by atoms with E-state index in [4.69, 9.17) is 0 Å². The van der Waals surface area contributed by atoms with Crippen LogP contribution in [0, 0.1) is 0 Å². The van der Waals surface area contributed by atoms with Gasteiger partial charge in [-0.3, -0.25) is 4.79 Å². The zero-order valence-corrected chi connectivity index (χ0v) is 12.6. The molecule has 0 bridgehead atoms. The summed E-state index contributed by atoms with van der Waals surface area (Å²) in [4.78, 5) is 13.7. The van der Waals surface area contributed by atoms with E-state index < -0.39 is 9.84 Å². The van der Waals surface area contributed by atoms with Crippen LogP contribution >= 0.6 is 15.9 Å². The Labute approximate surface area is 112 Å². The van der Waals surface area contributed by atoms with Crippen molar-refractivity contribution in [2.75, 3.05) is 23.4 Å². The smallest absolute Gasteiger partial charge is 0.223 e. The second kappa shape index (κ2) is 6.73. The standard InChI is InChI=1S/C11H20BrNO3S/c1-2-3-7-13(11(14)4-6-12)10-5-8-17(15,16)9-10/h10H,2-9H2,1H3. The molecule has 0 aromatic rings. The average Bonchev–Trinajstić information content (AvgIpc) is 2.60. The minimum atomic E-state index is -2.92. The van der Waals surface area contributed by atoms with Crippen molar-refractivity contribution < 1.29 is 13.2 Å². The molecule has 4 nitrogen and oxygen atoms in total. The largest absolute Gasteiger partial charge is 0.339 e. The van der Waals surface area contributed by atoms with Crippen LogP contribution in [0.25, 0.3) is 0 Å². The SMILES string of the molecule is CCCCN(C(=O)CCBr)C1CCS(=O)(=O)C1. The molecular formula is C11H20BrNO3S. The number of rotatable bonds is 6. The number of hydrogen-bond acceptors (Lipinski definition) is 3. The number of hydrogen-bond donors (Lipinski definition) is 0. The lowest BCUT2D eigenvalue weighted by molar-refractivity contribution is -0.132. The van der Waals surface area contributed by atoms with Crippen molar-refractivity contribution in [3.8, 4) is 0 Å². The monoisotopic (exact) mass is 325 g/mol. The number of carbonyl (C=O) groups is 1. The molecule has 1 amide bonds. The van der Waals surface area contributed by atoms with Crippen LogP contribution < -0.4 is 0 Å². The number of nitrogens with zero attached hydrogens (tertiary/aromatic N) is 1. The number of sulfone groups is 1. The zero-order chi connectivity index (χ0) is 12.9. The van der Waals surface area contributed by atoms with Crippen LogP contribution in [0.15, 0.2) is 0 Å². The summed E-state index contributed by atoms with van der Waals surface area (Å²) < 4.78 is 22.9. The van der Waals surface area contributed by atoms with Crippen molar-refractivity contribution >= 4 is 31.7 Å². The van der Waals surface area contributed by atoms with Crippen LogP contribution in [0.5, 0.6) is 0 Å². The molecule has 0 aliphatic carbocycles. The molecular weight excluding hydrogens is 306 g/mol. The van der Waals surface area contributed by atoms with Gasteiger partial charge in [0.15, 0.2) is 9.84 Å². The summed E-state index contributed by atoms with van der Waals surface area (Å²) in [5.74, 6) is 0.435. The summed E-state index contributed by atoms with van der Waals surface area (Å²) in [7, 11) is -2.92. The number of halogens is 1. The van der Waals surface area contributed by atoms with Gasteiger partial charge in [0.2, 0.25) is 5.91 Å². The summed E-state index contributed by atoms with van der Waals surface area (Å²) in [6.45, 7) is 2.75. The van der Waals surface area contributed by atoms with Crippen LogP contribution in [-0.2, 0) is 14.6 Å². The first-order valence-corrected chi connectivity index (χ1v) is 9.00. The van der Waals surface area contributed by atoms with E-state index in [1.54, 1.807) is 4.90 Å². The zero-order valence-electron chi connectivity index (χ0n) is 10.2. The molecule has 0 radical (unpaired) electrons. The van der Waals surface area contributed by atoms with Crippen LogP contribution in [0.2, 0.25) is 0 Å². The first kappa shape index (κ1) is 15.0. The first-order valence-electron chi connectivity index (χ1n) is 6.06. The van der Waals surface area contributed by atoms with Gasteiger partial charge in [-0.15, -0.1) is 0 Å². The molecule has 1 rings (SSSR count). The third-order valence-electron chi connectivity index (χ3n) is 3.03. The van der Waals surface area contributed by atoms with Gasteiger partial charge >= 0.3 is 0 Å². The Morgan fingerprint density at radius 3 is 2.65 bits per heavy atom. The lowest BCUT2D eigenvalue weighted by Crippen LogP contribution is -2.41. The fourth-order valence-electron chi connectivity index (χ4n) is 2.09. The highest BCUT2D eigenvalue weighted by Crippen LogP contribution is 2.19. The summed E-state index contributed by atoms with van der Waals surface area (Å²) >= 11 is 3.25. The summed E-state index contributed by atoms with van der Waals surface area (Å²) in [5, 5.41) is 0.633. The van der Waals surface area contributed by atoms with Gasteiger partial charge in [0.05, 0.1) is 11.5 Å². The highest BCUT2D eigenvalue weighted by atomic mass is 79.9. The van der Waals surface area contributed by atoms with Crippen molar-refractivity contribution in [2.45, 2.75) is 38.6 Å². The second-order valence-electron chi connectivity index (χ2n) is 4.44. The Kier molecular flexibility index (Phi) is 5.92. The Morgan fingerprint density at radius 2 is 2.18 bits per heavy atom. The molecule has 1 aliphatic heterocycles. The fraction of sp³-hybridized carbons (Fsp3) is 0.909. The minimum Gasteiger partial charge on any atom is -0.339 e. The molecule has 1 saturated heterocycles. The normalized spacial score (nSPS) is 22.6. The molecule has 0 aromatic heterocycles. The van der Waals surface area contributed by atoms with Crippen LogP contribution in [0.3, 0.4) is 0 Å². The maximum Gasteiger partial charge on any atom is 0.223 e. The van der Waals surface area contributed by atoms with E-state index in [1.807, 2.05) is 0 Å². The predicted molar refractivity (Wildman–Crippen MR) is 72.1 cm³/mol. The van der Waals surface area contributed by atoms with Gasteiger partial charge in [0.25, 0.3) is 0 Å². The molecule has 0 spiro atoms. The lowest BCUT2D eigenvalue weighted by atomic mass is 10.2. The van der Waals surface area contributed by atoms with Gasteiger partial charge in [0.1, 0.15) is 0 Å². The molecule has 0 saturated carbocycles. The van der Waals surface area contributed by atoms with Gasteiger partial charge < -0.3 is 4.90 Å². The molecule has 0 N–H and O–H groups in total. The van der Waals surface area contributed by atoms with Gasteiger partial charge in [-0.1, -0.05) is 29.3 Å². The second-order valence-corrected chi connectivity index (χ2v) is 7.46. The van der Waals surface area contributed by atoms with Gasteiger partial charge in [-0.25, -0.2) is 8.42 Å². The maximum atomic E-state index is 11.9. The number of alkyl halides is 1. The van der Waals surface area contributed by atoms with Gasteiger partial charge in [-0.2, -0.15) is 0 Å². The molecule has 100 valence electrons. The third-order valence-corrected chi connectivity index (χ3v) is 5.18. The van der Waals surface area contributed by atoms with E-state index in [0.717, 1.165) is 12.8 Å². The molecule has 17 heavy (non-hydrogen) atoms. The van der Waals surface area contributed by atoms with E-state index >= 15 is 0 Å². The van der Waals surface area contributed by atoms with Crippen molar-refractivity contribution in [2.24, 2.45) is 0 Å². The number of unbranched alkanes of at least 4 members (excludes halogenated alkanes) is 1. The predicted octanol–water partition coefficient (Wildman–Crippen LogP) is 1.59. The molecule has 0 aromatic carbocycles. The molecule has 6 heteroatoms. The van der Waals surface area contributed by atoms with Crippen LogP contribution in [-0.4, -0.2) is 48.6 Å². The Balaban J connectivity index is 2.66. The lowest BCUT2D eigenvalue weighted by Gasteiger charge is -2.28. The Hall–Kier alpha value is -0.100. The summed E-state index contributed by atoms with van der Waals surface area (Å²) in [6, 6.07) is -0.0990. The third kappa shape index (κ3) is 4.58. The van der Waals surface area contributed by atoms with Crippen molar-refractivity contribution in [3.63, 3.8) is 0 Å². The van der Waals surface area contributed by atoms with E-state index in [0.29, 0.717) is 24.7 Å². The fourth-order valence-corrected chi connectivity index (χ4v) is 4.15. The van der Waals surface area contributed by atoms with Gasteiger partial charge in [-0.05, 0) is 12.8 Å². The van der Waals surface area contributed by atoms with E-state index in [9.17, 15) is 13.2 Å².